The van der Waals surface area contributed by atoms with Crippen LogP contribution in [0.15, 0.2) is 29.4 Å². The molecule has 0 amide bonds. The first-order chi connectivity index (χ1) is 9.65. The highest BCUT2D eigenvalue weighted by atomic mass is 32.2. The van der Waals surface area contributed by atoms with Crippen LogP contribution in [-0.2, 0) is 18.7 Å². The van der Waals surface area contributed by atoms with Crippen LogP contribution in [0.25, 0.3) is 0 Å². The number of nitrogens with zero attached hydrogens (tertiary/aromatic N) is 4. The molecule has 1 aromatic heterocycles. The van der Waals surface area contributed by atoms with Gasteiger partial charge in [-0.1, -0.05) is 30.8 Å². The van der Waals surface area contributed by atoms with Crippen LogP contribution in [0.1, 0.15) is 25.2 Å². The molecule has 6 nitrogen and oxygen atoms in total. The predicted molar refractivity (Wildman–Crippen MR) is 77.7 cm³/mol. The monoisotopic (exact) mass is 292 g/mol. The number of nitro groups is 1. The predicted octanol–water partition coefficient (Wildman–Crippen LogP) is 3.06. The van der Waals surface area contributed by atoms with Gasteiger partial charge in [-0.3, -0.25) is 10.1 Å². The average molecular weight is 292 g/mol. The molecule has 0 unspecified atom stereocenters. The Labute approximate surface area is 121 Å². The van der Waals surface area contributed by atoms with Crippen LogP contribution < -0.4 is 0 Å². The first kappa shape index (κ1) is 14.5. The first-order valence-electron chi connectivity index (χ1n) is 6.43. The lowest BCUT2D eigenvalue weighted by molar-refractivity contribution is -0.384. The van der Waals surface area contributed by atoms with Gasteiger partial charge < -0.3 is 4.57 Å². The molecule has 0 fully saturated rings. The Morgan fingerprint density at radius 2 is 2.15 bits per heavy atom. The minimum atomic E-state index is -0.377. The molecule has 0 aliphatic heterocycles. The van der Waals surface area contributed by atoms with Crippen molar-refractivity contribution in [3.05, 3.63) is 45.8 Å². The first-order valence-corrected chi connectivity index (χ1v) is 7.42. The molecule has 1 aromatic carbocycles. The van der Waals surface area contributed by atoms with Crippen molar-refractivity contribution in [1.82, 2.24) is 14.8 Å². The fourth-order valence-corrected chi connectivity index (χ4v) is 2.88. The molecule has 20 heavy (non-hydrogen) atoms. The highest BCUT2D eigenvalue weighted by molar-refractivity contribution is 7.98. The molecule has 0 N–H and O–H groups in total. The highest BCUT2D eigenvalue weighted by Crippen LogP contribution is 2.24. The summed E-state index contributed by atoms with van der Waals surface area (Å²) in [5.74, 6) is 1.61. The second-order valence-electron chi connectivity index (χ2n) is 4.21. The summed E-state index contributed by atoms with van der Waals surface area (Å²) >= 11 is 1.55. The lowest BCUT2D eigenvalue weighted by atomic mass is 10.2. The van der Waals surface area contributed by atoms with E-state index < -0.39 is 0 Å². The Morgan fingerprint density at radius 3 is 2.80 bits per heavy atom. The summed E-state index contributed by atoms with van der Waals surface area (Å²) in [4.78, 5) is 10.4. The van der Waals surface area contributed by atoms with Gasteiger partial charge in [0.05, 0.1) is 4.92 Å². The number of aryl methyl sites for hydroxylation is 1. The van der Waals surface area contributed by atoms with Crippen molar-refractivity contribution in [2.24, 2.45) is 0 Å². The van der Waals surface area contributed by atoms with E-state index >= 15 is 0 Å². The maximum Gasteiger partial charge on any atom is 0.269 e. The van der Waals surface area contributed by atoms with Gasteiger partial charge in [0.2, 0.25) is 0 Å². The van der Waals surface area contributed by atoms with Crippen molar-refractivity contribution < 1.29 is 4.92 Å². The van der Waals surface area contributed by atoms with Crippen LogP contribution in [0.3, 0.4) is 0 Å². The van der Waals surface area contributed by atoms with Gasteiger partial charge in [0.15, 0.2) is 5.16 Å². The topological polar surface area (TPSA) is 73.8 Å². The van der Waals surface area contributed by atoms with E-state index in [1.54, 1.807) is 23.9 Å². The Kier molecular flexibility index (Phi) is 4.73. The van der Waals surface area contributed by atoms with Crippen LogP contribution in [0, 0.1) is 10.1 Å². The molecule has 1 heterocycles. The van der Waals surface area contributed by atoms with Gasteiger partial charge in [0, 0.05) is 30.9 Å². The lowest BCUT2D eigenvalue weighted by Gasteiger charge is -2.05. The highest BCUT2D eigenvalue weighted by Gasteiger charge is 2.11. The lowest BCUT2D eigenvalue weighted by Crippen LogP contribution is -2.02. The fourth-order valence-electron chi connectivity index (χ4n) is 1.91. The van der Waals surface area contributed by atoms with Gasteiger partial charge in [-0.25, -0.2) is 0 Å². The largest absolute Gasteiger partial charge is 0.306 e. The molecule has 0 radical (unpaired) electrons. The Morgan fingerprint density at radius 1 is 1.35 bits per heavy atom. The quantitative estimate of drug-likeness (QED) is 0.465. The smallest absolute Gasteiger partial charge is 0.269 e. The molecule has 2 rings (SSSR count). The molecule has 0 aliphatic rings. The van der Waals surface area contributed by atoms with Gasteiger partial charge in [0.1, 0.15) is 5.82 Å². The third-order valence-corrected chi connectivity index (χ3v) is 3.95. The summed E-state index contributed by atoms with van der Waals surface area (Å²) in [5.41, 5.74) is 1.03. The number of aromatic nitrogens is 3. The molecule has 0 aliphatic carbocycles. The van der Waals surface area contributed by atoms with E-state index in [1.165, 1.54) is 6.07 Å². The van der Waals surface area contributed by atoms with Gasteiger partial charge in [-0.2, -0.15) is 0 Å². The Bertz CT molecular complexity index is 612. The van der Waals surface area contributed by atoms with Crippen LogP contribution >= 0.6 is 11.8 Å². The van der Waals surface area contributed by atoms with Crippen molar-refractivity contribution in [3.63, 3.8) is 0 Å². The maximum atomic E-state index is 10.7. The van der Waals surface area contributed by atoms with E-state index in [1.807, 2.05) is 13.0 Å². The Balaban J connectivity index is 2.10. The van der Waals surface area contributed by atoms with E-state index in [4.69, 9.17) is 0 Å². The Hall–Kier alpha value is -1.89. The zero-order chi connectivity index (χ0) is 14.5. The third-order valence-electron chi connectivity index (χ3n) is 2.92. The van der Waals surface area contributed by atoms with E-state index in [9.17, 15) is 10.1 Å². The molecule has 0 saturated heterocycles. The van der Waals surface area contributed by atoms with Gasteiger partial charge >= 0.3 is 0 Å². The molecule has 0 bridgehead atoms. The number of hydrogen-bond acceptors (Lipinski definition) is 5. The molecular formula is C13H16N4O2S. The molecular weight excluding hydrogens is 276 g/mol. The summed E-state index contributed by atoms with van der Waals surface area (Å²) in [7, 11) is 0. The average Bonchev–Trinajstić information content (AvgIpc) is 2.87. The van der Waals surface area contributed by atoms with E-state index in [2.05, 4.69) is 21.7 Å². The number of rotatable bonds is 6. The van der Waals surface area contributed by atoms with Crippen LogP contribution in [0.4, 0.5) is 5.69 Å². The van der Waals surface area contributed by atoms with Gasteiger partial charge in [-0.05, 0) is 12.5 Å². The molecule has 7 heteroatoms. The number of nitro benzene ring substituents is 1. The fraction of sp³-hybridized carbons (Fsp3) is 0.385. The zero-order valence-electron chi connectivity index (χ0n) is 11.4. The van der Waals surface area contributed by atoms with Crippen molar-refractivity contribution in [2.45, 2.75) is 37.7 Å². The van der Waals surface area contributed by atoms with Gasteiger partial charge in [0.25, 0.3) is 5.69 Å². The minimum absolute atomic E-state index is 0.120. The van der Waals surface area contributed by atoms with E-state index in [0.29, 0.717) is 5.75 Å². The number of hydrogen-bond donors (Lipinski definition) is 0. The second kappa shape index (κ2) is 6.51. The number of benzene rings is 1. The van der Waals surface area contributed by atoms with Gasteiger partial charge in [-0.15, -0.1) is 10.2 Å². The van der Waals surface area contributed by atoms with Crippen LogP contribution in [0.2, 0.25) is 0 Å². The van der Waals surface area contributed by atoms with Crippen molar-refractivity contribution in [1.29, 1.82) is 0 Å². The summed E-state index contributed by atoms with van der Waals surface area (Å²) in [6.07, 6.45) is 0.845. The normalized spacial score (nSPS) is 10.7. The summed E-state index contributed by atoms with van der Waals surface area (Å²) in [5, 5.41) is 19.9. The molecule has 2 aromatic rings. The molecule has 106 valence electrons. The molecule has 0 atom stereocenters. The molecule has 0 spiro atoms. The summed E-state index contributed by atoms with van der Waals surface area (Å²) < 4.78 is 2.07. The standard InChI is InChI=1S/C13H16N4O2S/c1-3-12-14-15-13(16(12)4-2)20-9-10-6-5-7-11(8-10)17(18)19/h5-8H,3-4,9H2,1-2H3. The van der Waals surface area contributed by atoms with Crippen molar-refractivity contribution in [3.8, 4) is 0 Å². The van der Waals surface area contributed by atoms with Crippen molar-refractivity contribution in [2.75, 3.05) is 0 Å². The zero-order valence-corrected chi connectivity index (χ0v) is 12.3. The number of thioether (sulfide) groups is 1. The van der Waals surface area contributed by atoms with Crippen LogP contribution in [-0.4, -0.2) is 19.7 Å². The van der Waals surface area contributed by atoms with Crippen LogP contribution in [0.5, 0.6) is 0 Å². The maximum absolute atomic E-state index is 10.7. The summed E-state index contributed by atoms with van der Waals surface area (Å²) in [6.45, 7) is 4.93. The SMILES string of the molecule is CCc1nnc(SCc2cccc([N+](=O)[O-])c2)n1CC. The summed E-state index contributed by atoms with van der Waals surface area (Å²) in [6, 6.07) is 6.68. The third kappa shape index (κ3) is 3.16. The second-order valence-corrected chi connectivity index (χ2v) is 5.15. The van der Waals surface area contributed by atoms with E-state index in [0.717, 1.165) is 29.5 Å². The molecule has 0 saturated carbocycles. The van der Waals surface area contributed by atoms with E-state index in [-0.39, 0.29) is 10.6 Å². The van der Waals surface area contributed by atoms with Crippen molar-refractivity contribution >= 4 is 17.4 Å². The number of non-ortho nitro benzene ring substituents is 1. The minimum Gasteiger partial charge on any atom is -0.306 e.